The summed E-state index contributed by atoms with van der Waals surface area (Å²) in [5, 5.41) is 0. The highest BCUT2D eigenvalue weighted by Crippen LogP contribution is 2.35. The lowest BCUT2D eigenvalue weighted by molar-refractivity contribution is -0.149. The molecule has 2 rings (SSSR count). The SMILES string of the molecule is CCOC(=O)C1CCC(c2ccc(F)cn2)CC1. The number of esters is 1. The number of carbonyl (C=O) groups is 1. The van der Waals surface area contributed by atoms with Crippen molar-refractivity contribution < 1.29 is 13.9 Å². The normalized spacial score (nSPS) is 23.7. The first-order valence-electron chi connectivity index (χ1n) is 6.48. The van der Waals surface area contributed by atoms with E-state index in [2.05, 4.69) is 4.98 Å². The van der Waals surface area contributed by atoms with Crippen LogP contribution < -0.4 is 0 Å². The Labute approximate surface area is 106 Å². The van der Waals surface area contributed by atoms with E-state index in [1.807, 2.05) is 6.92 Å². The fourth-order valence-electron chi connectivity index (χ4n) is 2.51. The number of pyridine rings is 1. The van der Waals surface area contributed by atoms with E-state index in [0.29, 0.717) is 12.5 Å². The predicted octanol–water partition coefficient (Wildman–Crippen LogP) is 3.06. The molecule has 1 saturated carbocycles. The van der Waals surface area contributed by atoms with Crippen molar-refractivity contribution in [2.24, 2.45) is 5.92 Å². The van der Waals surface area contributed by atoms with Crippen molar-refractivity contribution in [1.82, 2.24) is 4.98 Å². The molecule has 1 fully saturated rings. The molecular weight excluding hydrogens is 233 g/mol. The van der Waals surface area contributed by atoms with E-state index in [4.69, 9.17) is 4.74 Å². The lowest BCUT2D eigenvalue weighted by Gasteiger charge is -2.26. The van der Waals surface area contributed by atoms with Crippen LogP contribution in [0, 0.1) is 11.7 Å². The number of ether oxygens (including phenoxy) is 1. The Morgan fingerprint density at radius 1 is 1.39 bits per heavy atom. The zero-order chi connectivity index (χ0) is 13.0. The summed E-state index contributed by atoms with van der Waals surface area (Å²) in [5.74, 6) is -0.0140. The molecule has 18 heavy (non-hydrogen) atoms. The average Bonchev–Trinajstić information content (AvgIpc) is 2.40. The molecule has 0 aliphatic heterocycles. The van der Waals surface area contributed by atoms with Crippen LogP contribution in [0.3, 0.4) is 0 Å². The van der Waals surface area contributed by atoms with E-state index in [0.717, 1.165) is 31.4 Å². The minimum atomic E-state index is -0.307. The summed E-state index contributed by atoms with van der Waals surface area (Å²) in [6.07, 6.45) is 4.77. The number of nitrogens with zero attached hydrogens (tertiary/aromatic N) is 1. The zero-order valence-corrected chi connectivity index (χ0v) is 10.6. The highest BCUT2D eigenvalue weighted by Gasteiger charge is 2.28. The van der Waals surface area contributed by atoms with Crippen LogP contribution in [-0.4, -0.2) is 17.6 Å². The molecule has 3 nitrogen and oxygen atoms in total. The molecular formula is C14H18FNO2. The molecule has 0 amide bonds. The molecule has 0 atom stereocenters. The van der Waals surface area contributed by atoms with Crippen LogP contribution in [0.5, 0.6) is 0 Å². The number of hydrogen-bond acceptors (Lipinski definition) is 3. The summed E-state index contributed by atoms with van der Waals surface area (Å²) in [6, 6.07) is 3.18. The van der Waals surface area contributed by atoms with Gasteiger partial charge in [-0.2, -0.15) is 0 Å². The Bertz CT molecular complexity index is 397. The highest BCUT2D eigenvalue weighted by molar-refractivity contribution is 5.72. The van der Waals surface area contributed by atoms with Gasteiger partial charge in [-0.1, -0.05) is 0 Å². The van der Waals surface area contributed by atoms with E-state index in [1.165, 1.54) is 12.3 Å². The maximum atomic E-state index is 12.8. The van der Waals surface area contributed by atoms with Crippen LogP contribution in [0.15, 0.2) is 18.3 Å². The van der Waals surface area contributed by atoms with Gasteiger partial charge in [0.2, 0.25) is 0 Å². The molecule has 98 valence electrons. The van der Waals surface area contributed by atoms with Crippen molar-refractivity contribution >= 4 is 5.97 Å². The summed E-state index contributed by atoms with van der Waals surface area (Å²) in [5.41, 5.74) is 0.929. The van der Waals surface area contributed by atoms with Crippen molar-refractivity contribution in [2.75, 3.05) is 6.61 Å². The molecule has 0 radical (unpaired) electrons. The Morgan fingerprint density at radius 3 is 2.67 bits per heavy atom. The number of carbonyl (C=O) groups excluding carboxylic acids is 1. The maximum Gasteiger partial charge on any atom is 0.308 e. The van der Waals surface area contributed by atoms with Gasteiger partial charge in [0.25, 0.3) is 0 Å². The van der Waals surface area contributed by atoms with Gasteiger partial charge in [0.15, 0.2) is 0 Å². The monoisotopic (exact) mass is 251 g/mol. The van der Waals surface area contributed by atoms with Gasteiger partial charge in [-0.25, -0.2) is 4.39 Å². The van der Waals surface area contributed by atoms with Crippen LogP contribution in [0.2, 0.25) is 0 Å². The van der Waals surface area contributed by atoms with Crippen molar-refractivity contribution in [3.05, 3.63) is 29.8 Å². The van der Waals surface area contributed by atoms with Crippen molar-refractivity contribution in [1.29, 1.82) is 0 Å². The Balaban J connectivity index is 1.90. The third-order valence-corrected chi connectivity index (χ3v) is 3.52. The third-order valence-electron chi connectivity index (χ3n) is 3.52. The van der Waals surface area contributed by atoms with E-state index in [1.54, 1.807) is 6.07 Å². The fraction of sp³-hybridized carbons (Fsp3) is 0.571. The fourth-order valence-corrected chi connectivity index (χ4v) is 2.51. The van der Waals surface area contributed by atoms with Gasteiger partial charge in [-0.05, 0) is 44.7 Å². The lowest BCUT2D eigenvalue weighted by atomic mass is 9.80. The summed E-state index contributed by atoms with van der Waals surface area (Å²) in [4.78, 5) is 15.7. The van der Waals surface area contributed by atoms with Gasteiger partial charge in [0.1, 0.15) is 5.82 Å². The summed E-state index contributed by atoms with van der Waals surface area (Å²) in [6.45, 7) is 2.27. The second kappa shape index (κ2) is 5.94. The van der Waals surface area contributed by atoms with Crippen molar-refractivity contribution in [2.45, 2.75) is 38.5 Å². The minimum Gasteiger partial charge on any atom is -0.466 e. The largest absolute Gasteiger partial charge is 0.466 e. The molecule has 0 N–H and O–H groups in total. The van der Waals surface area contributed by atoms with Crippen LogP contribution in [0.1, 0.15) is 44.2 Å². The minimum absolute atomic E-state index is 0.0293. The van der Waals surface area contributed by atoms with Gasteiger partial charge < -0.3 is 4.74 Å². The number of halogens is 1. The first kappa shape index (κ1) is 13.0. The Hall–Kier alpha value is -1.45. The molecule has 1 aliphatic carbocycles. The molecule has 1 aliphatic rings. The number of hydrogen-bond donors (Lipinski definition) is 0. The van der Waals surface area contributed by atoms with E-state index in [-0.39, 0.29) is 17.7 Å². The molecule has 1 aromatic rings. The van der Waals surface area contributed by atoms with Crippen molar-refractivity contribution in [3.63, 3.8) is 0 Å². The molecule has 1 aromatic heterocycles. The van der Waals surface area contributed by atoms with Gasteiger partial charge in [-0.3, -0.25) is 9.78 Å². The van der Waals surface area contributed by atoms with E-state index >= 15 is 0 Å². The highest BCUT2D eigenvalue weighted by atomic mass is 19.1. The lowest BCUT2D eigenvalue weighted by Crippen LogP contribution is -2.23. The number of rotatable bonds is 3. The maximum absolute atomic E-state index is 12.8. The first-order chi connectivity index (χ1) is 8.70. The van der Waals surface area contributed by atoms with Gasteiger partial charge >= 0.3 is 5.97 Å². The molecule has 0 saturated heterocycles. The second-order valence-corrected chi connectivity index (χ2v) is 4.70. The molecule has 4 heteroatoms. The molecule has 0 bridgehead atoms. The molecule has 1 heterocycles. The van der Waals surface area contributed by atoms with Gasteiger partial charge in [-0.15, -0.1) is 0 Å². The van der Waals surface area contributed by atoms with Crippen LogP contribution in [-0.2, 0) is 9.53 Å². The van der Waals surface area contributed by atoms with Crippen LogP contribution >= 0.6 is 0 Å². The van der Waals surface area contributed by atoms with Crippen molar-refractivity contribution in [3.8, 4) is 0 Å². The standard InChI is InChI=1S/C14H18FNO2/c1-2-18-14(17)11-5-3-10(4-6-11)13-8-7-12(15)9-16-13/h7-11H,2-6H2,1H3. The molecule has 0 unspecified atom stereocenters. The number of aromatic nitrogens is 1. The van der Waals surface area contributed by atoms with Crippen LogP contribution in [0.4, 0.5) is 4.39 Å². The van der Waals surface area contributed by atoms with Gasteiger partial charge in [0, 0.05) is 11.6 Å². The van der Waals surface area contributed by atoms with E-state index in [9.17, 15) is 9.18 Å². The third kappa shape index (κ3) is 3.06. The molecule has 0 spiro atoms. The molecule has 0 aromatic carbocycles. The second-order valence-electron chi connectivity index (χ2n) is 4.70. The van der Waals surface area contributed by atoms with E-state index < -0.39 is 0 Å². The zero-order valence-electron chi connectivity index (χ0n) is 10.6. The Kier molecular flexibility index (Phi) is 4.28. The van der Waals surface area contributed by atoms with Crippen LogP contribution in [0.25, 0.3) is 0 Å². The van der Waals surface area contributed by atoms with Gasteiger partial charge in [0.05, 0.1) is 18.7 Å². The first-order valence-corrected chi connectivity index (χ1v) is 6.48. The summed E-state index contributed by atoms with van der Waals surface area (Å²) >= 11 is 0. The predicted molar refractivity (Wildman–Crippen MR) is 65.5 cm³/mol. The topological polar surface area (TPSA) is 39.2 Å². The summed E-state index contributed by atoms with van der Waals surface area (Å²) in [7, 11) is 0. The summed E-state index contributed by atoms with van der Waals surface area (Å²) < 4.78 is 17.8. The Morgan fingerprint density at radius 2 is 2.11 bits per heavy atom. The smallest absolute Gasteiger partial charge is 0.308 e. The average molecular weight is 251 g/mol. The quantitative estimate of drug-likeness (QED) is 0.775.